The average Bonchev–Trinajstić information content (AvgIpc) is 2.51. The Morgan fingerprint density at radius 2 is 1.71 bits per heavy atom. The van der Waals surface area contributed by atoms with Gasteiger partial charge in [-0.05, 0) is 67.9 Å². The second kappa shape index (κ2) is 7.32. The number of rotatable bonds is 4. The zero-order valence-corrected chi connectivity index (χ0v) is 15.9. The first kappa shape index (κ1) is 18.4. The number of sulfone groups is 1. The molecule has 0 amide bonds. The summed E-state index contributed by atoms with van der Waals surface area (Å²) in [6.07, 6.45) is 1.20. The molecule has 0 fully saturated rings. The number of benzene rings is 2. The Morgan fingerprint density at radius 1 is 1.08 bits per heavy atom. The van der Waals surface area contributed by atoms with E-state index in [-0.39, 0.29) is 6.04 Å². The van der Waals surface area contributed by atoms with E-state index in [1.165, 1.54) is 11.8 Å². The van der Waals surface area contributed by atoms with Crippen LogP contribution in [0, 0.1) is 13.8 Å². The quantitative estimate of drug-likeness (QED) is 0.811. The van der Waals surface area contributed by atoms with Gasteiger partial charge in [-0.15, -0.1) is 0 Å². The van der Waals surface area contributed by atoms with Crippen LogP contribution in [-0.2, 0) is 9.84 Å². The molecule has 0 unspecified atom stereocenters. The molecule has 2 aromatic carbocycles. The molecule has 24 heavy (non-hydrogen) atoms. The molecule has 0 aliphatic rings. The topological polar surface area (TPSA) is 58.2 Å². The fourth-order valence-electron chi connectivity index (χ4n) is 2.33. The first-order valence-electron chi connectivity index (χ1n) is 7.62. The van der Waals surface area contributed by atoms with E-state index in [0.717, 1.165) is 16.8 Å². The molecular weight excluding hydrogens is 340 g/mol. The van der Waals surface area contributed by atoms with Crippen molar-refractivity contribution in [1.29, 1.82) is 0 Å². The van der Waals surface area contributed by atoms with Gasteiger partial charge in [-0.2, -0.15) is 0 Å². The predicted molar refractivity (Wildman–Crippen MR) is 103 cm³/mol. The van der Waals surface area contributed by atoms with Crippen LogP contribution in [-0.4, -0.2) is 19.8 Å². The zero-order chi connectivity index (χ0) is 17.9. The molecule has 128 valence electrons. The van der Waals surface area contributed by atoms with Crippen LogP contribution in [0.2, 0.25) is 0 Å². The summed E-state index contributed by atoms with van der Waals surface area (Å²) >= 11 is 5.38. The van der Waals surface area contributed by atoms with E-state index >= 15 is 0 Å². The van der Waals surface area contributed by atoms with Crippen molar-refractivity contribution in [3.05, 3.63) is 59.2 Å². The molecule has 0 saturated carbocycles. The lowest BCUT2D eigenvalue weighted by Gasteiger charge is -2.19. The molecule has 4 nitrogen and oxygen atoms in total. The van der Waals surface area contributed by atoms with Gasteiger partial charge >= 0.3 is 0 Å². The second-order valence-corrected chi connectivity index (χ2v) is 8.33. The molecule has 0 spiro atoms. The SMILES string of the molecule is Cc1cccc(NC(=S)N[C@@H](C)c2ccc(S(C)(=O)=O)cc2)c1C. The number of thiocarbonyl (C=S) groups is 1. The van der Waals surface area contributed by atoms with E-state index in [1.54, 1.807) is 24.3 Å². The van der Waals surface area contributed by atoms with Crippen molar-refractivity contribution in [1.82, 2.24) is 5.32 Å². The maximum atomic E-state index is 11.5. The average molecular weight is 363 g/mol. The summed E-state index contributed by atoms with van der Waals surface area (Å²) in [5.74, 6) is 0. The van der Waals surface area contributed by atoms with Gasteiger partial charge in [-0.25, -0.2) is 8.42 Å². The molecule has 0 aliphatic carbocycles. The van der Waals surface area contributed by atoms with Crippen LogP contribution < -0.4 is 10.6 Å². The molecule has 0 radical (unpaired) electrons. The molecule has 2 rings (SSSR count). The highest BCUT2D eigenvalue weighted by Crippen LogP contribution is 2.19. The van der Waals surface area contributed by atoms with Crippen molar-refractivity contribution in [3.8, 4) is 0 Å². The Morgan fingerprint density at radius 3 is 2.29 bits per heavy atom. The third-order valence-electron chi connectivity index (χ3n) is 4.01. The summed E-state index contributed by atoms with van der Waals surface area (Å²) in [6.45, 7) is 6.09. The van der Waals surface area contributed by atoms with Crippen LogP contribution >= 0.6 is 12.2 Å². The molecule has 0 aliphatic heterocycles. The van der Waals surface area contributed by atoms with Crippen molar-refractivity contribution in [2.24, 2.45) is 0 Å². The van der Waals surface area contributed by atoms with Crippen LogP contribution in [0.5, 0.6) is 0 Å². The summed E-state index contributed by atoms with van der Waals surface area (Å²) in [7, 11) is -3.18. The van der Waals surface area contributed by atoms with Crippen molar-refractivity contribution < 1.29 is 8.42 Å². The summed E-state index contributed by atoms with van der Waals surface area (Å²) in [6, 6.07) is 12.8. The van der Waals surface area contributed by atoms with Crippen LogP contribution in [0.15, 0.2) is 47.4 Å². The number of hydrogen-bond donors (Lipinski definition) is 2. The van der Waals surface area contributed by atoms with Crippen LogP contribution in [0.4, 0.5) is 5.69 Å². The highest BCUT2D eigenvalue weighted by Gasteiger charge is 2.11. The fourth-order valence-corrected chi connectivity index (χ4v) is 3.25. The molecule has 2 aromatic rings. The monoisotopic (exact) mass is 362 g/mol. The van der Waals surface area contributed by atoms with Gasteiger partial charge in [0.1, 0.15) is 0 Å². The maximum Gasteiger partial charge on any atom is 0.175 e. The van der Waals surface area contributed by atoms with Crippen LogP contribution in [0.1, 0.15) is 29.7 Å². The maximum absolute atomic E-state index is 11.5. The van der Waals surface area contributed by atoms with Crippen LogP contribution in [0.3, 0.4) is 0 Å². The van der Waals surface area contributed by atoms with E-state index < -0.39 is 9.84 Å². The van der Waals surface area contributed by atoms with Gasteiger partial charge in [-0.1, -0.05) is 24.3 Å². The summed E-state index contributed by atoms with van der Waals surface area (Å²) in [5.41, 5.74) is 4.30. The lowest BCUT2D eigenvalue weighted by atomic mass is 10.1. The van der Waals surface area contributed by atoms with E-state index in [4.69, 9.17) is 12.2 Å². The third kappa shape index (κ3) is 4.55. The van der Waals surface area contributed by atoms with Gasteiger partial charge in [0.15, 0.2) is 14.9 Å². The number of nitrogens with one attached hydrogen (secondary N) is 2. The van der Waals surface area contributed by atoms with Gasteiger partial charge in [0, 0.05) is 11.9 Å². The highest BCUT2D eigenvalue weighted by molar-refractivity contribution is 7.90. The number of hydrogen-bond acceptors (Lipinski definition) is 3. The third-order valence-corrected chi connectivity index (χ3v) is 5.36. The fraction of sp³-hybridized carbons (Fsp3) is 0.278. The van der Waals surface area contributed by atoms with Crippen molar-refractivity contribution in [2.75, 3.05) is 11.6 Å². The second-order valence-electron chi connectivity index (χ2n) is 5.91. The summed E-state index contributed by atoms with van der Waals surface area (Å²) in [5, 5.41) is 6.96. The smallest absolute Gasteiger partial charge is 0.175 e. The normalized spacial score (nSPS) is 12.5. The van der Waals surface area contributed by atoms with Crippen LogP contribution in [0.25, 0.3) is 0 Å². The van der Waals surface area contributed by atoms with Gasteiger partial charge < -0.3 is 10.6 Å². The molecular formula is C18H22N2O2S2. The minimum atomic E-state index is -3.18. The highest BCUT2D eigenvalue weighted by atomic mass is 32.2. The predicted octanol–water partition coefficient (Wildman–Crippen LogP) is 3.75. The van der Waals surface area contributed by atoms with E-state index in [9.17, 15) is 8.42 Å². The standard InChI is InChI=1S/C18H22N2O2S2/c1-12-6-5-7-17(13(12)2)20-18(23)19-14(3)15-8-10-16(11-9-15)24(4,21)22/h5-11,14H,1-4H3,(H2,19,20,23)/t14-/m0/s1. The Labute approximate surface area is 149 Å². The van der Waals surface area contributed by atoms with E-state index in [0.29, 0.717) is 10.0 Å². The molecule has 2 N–H and O–H groups in total. The largest absolute Gasteiger partial charge is 0.356 e. The lowest BCUT2D eigenvalue weighted by molar-refractivity contribution is 0.601. The first-order valence-corrected chi connectivity index (χ1v) is 9.92. The Balaban J connectivity index is 2.05. The molecule has 0 saturated heterocycles. The van der Waals surface area contributed by atoms with Crippen molar-refractivity contribution in [3.63, 3.8) is 0 Å². The van der Waals surface area contributed by atoms with E-state index in [1.807, 2.05) is 26.0 Å². The Hall–Kier alpha value is -1.92. The Bertz CT molecular complexity index is 844. The van der Waals surface area contributed by atoms with E-state index in [2.05, 4.69) is 23.6 Å². The Kier molecular flexibility index (Phi) is 5.62. The van der Waals surface area contributed by atoms with Gasteiger partial charge in [0.25, 0.3) is 0 Å². The van der Waals surface area contributed by atoms with Crippen molar-refractivity contribution in [2.45, 2.75) is 31.7 Å². The molecule has 1 atom stereocenters. The minimum Gasteiger partial charge on any atom is -0.356 e. The number of aryl methyl sites for hydroxylation is 1. The first-order chi connectivity index (χ1) is 11.2. The van der Waals surface area contributed by atoms with Gasteiger partial charge in [0.2, 0.25) is 0 Å². The molecule has 0 heterocycles. The number of anilines is 1. The minimum absolute atomic E-state index is 0.0382. The summed E-state index contributed by atoms with van der Waals surface area (Å²) in [4.78, 5) is 0.314. The summed E-state index contributed by atoms with van der Waals surface area (Å²) < 4.78 is 23.0. The molecule has 0 bridgehead atoms. The zero-order valence-electron chi connectivity index (χ0n) is 14.3. The molecule has 0 aromatic heterocycles. The van der Waals surface area contributed by atoms with Crippen molar-refractivity contribution >= 4 is 32.9 Å². The van der Waals surface area contributed by atoms with Gasteiger partial charge in [-0.3, -0.25) is 0 Å². The molecule has 6 heteroatoms. The van der Waals surface area contributed by atoms with Gasteiger partial charge in [0.05, 0.1) is 10.9 Å². The lowest BCUT2D eigenvalue weighted by Crippen LogP contribution is -2.31.